The van der Waals surface area contributed by atoms with Crippen LogP contribution in [0.15, 0.2) is 191 Å². The van der Waals surface area contributed by atoms with Crippen molar-refractivity contribution in [1.29, 1.82) is 0 Å². The third kappa shape index (κ3) is 4.96. The van der Waals surface area contributed by atoms with Gasteiger partial charge in [-0.15, -0.1) is 0 Å². The zero-order valence-electron chi connectivity index (χ0n) is 27.5. The van der Waals surface area contributed by atoms with E-state index in [-0.39, 0.29) is 0 Å². The second kappa shape index (κ2) is 11.9. The minimum absolute atomic E-state index is 0.562. The number of nitrogens with zero attached hydrogens (tertiary/aromatic N) is 2. The van der Waals surface area contributed by atoms with Crippen molar-refractivity contribution < 1.29 is 8.83 Å². The van der Waals surface area contributed by atoms with Gasteiger partial charge in [0.25, 0.3) is 0 Å². The number of benzene rings is 8. The molecule has 0 saturated carbocycles. The topological polar surface area (TPSA) is 42.4 Å². The minimum atomic E-state index is 0.562. The Morgan fingerprint density at radius 1 is 0.451 bits per heavy atom. The van der Waals surface area contributed by atoms with E-state index in [1.54, 1.807) is 0 Å². The van der Waals surface area contributed by atoms with Crippen LogP contribution in [0.4, 0.5) is 17.1 Å². The number of fused-ring (bicyclic) bond motifs is 5. The van der Waals surface area contributed by atoms with Crippen LogP contribution in [0, 0.1) is 0 Å². The molecular formula is C47H30N2O2. The SMILES string of the molecule is c1ccc(-c2nc3cc4oc5ccccc5c4c(N(c4ccc(-c5ccc6ccccc6c5)cc4)c4ccccc4-c4ccccc4)c3o2)cc1. The average molecular weight is 655 g/mol. The highest BCUT2D eigenvalue weighted by Gasteiger charge is 2.27. The molecule has 0 atom stereocenters. The summed E-state index contributed by atoms with van der Waals surface area (Å²) in [6.45, 7) is 0. The maximum absolute atomic E-state index is 6.82. The molecule has 51 heavy (non-hydrogen) atoms. The quantitative estimate of drug-likeness (QED) is 0.179. The summed E-state index contributed by atoms with van der Waals surface area (Å²) in [6.07, 6.45) is 0. The van der Waals surface area contributed by atoms with E-state index in [4.69, 9.17) is 13.8 Å². The number of anilines is 3. The van der Waals surface area contributed by atoms with E-state index >= 15 is 0 Å². The Bertz CT molecular complexity index is 2850. The Morgan fingerprint density at radius 2 is 1.12 bits per heavy atom. The molecule has 10 rings (SSSR count). The average Bonchev–Trinajstić information content (AvgIpc) is 3.80. The van der Waals surface area contributed by atoms with Crippen LogP contribution in [0.25, 0.3) is 77.5 Å². The smallest absolute Gasteiger partial charge is 0.227 e. The van der Waals surface area contributed by atoms with Crippen LogP contribution < -0.4 is 4.90 Å². The molecule has 0 aliphatic heterocycles. The first-order valence-electron chi connectivity index (χ1n) is 17.1. The summed E-state index contributed by atoms with van der Waals surface area (Å²) in [5.74, 6) is 0.562. The Balaban J connectivity index is 1.26. The van der Waals surface area contributed by atoms with Crippen LogP contribution in [-0.2, 0) is 0 Å². The van der Waals surface area contributed by atoms with E-state index in [1.807, 2.05) is 48.5 Å². The van der Waals surface area contributed by atoms with Crippen LogP contribution in [0.1, 0.15) is 0 Å². The first kappa shape index (κ1) is 29.0. The molecule has 4 heteroatoms. The van der Waals surface area contributed by atoms with Gasteiger partial charge >= 0.3 is 0 Å². The fourth-order valence-electron chi connectivity index (χ4n) is 7.26. The van der Waals surface area contributed by atoms with Crippen LogP contribution in [0.5, 0.6) is 0 Å². The fraction of sp³-hybridized carbons (Fsp3) is 0. The molecule has 0 N–H and O–H groups in total. The van der Waals surface area contributed by atoms with Crippen molar-refractivity contribution in [3.05, 3.63) is 182 Å². The lowest BCUT2D eigenvalue weighted by Crippen LogP contribution is -2.12. The normalized spacial score (nSPS) is 11.5. The Kier molecular flexibility index (Phi) is 6.78. The molecule has 2 aromatic heterocycles. The molecule has 4 nitrogen and oxygen atoms in total. The molecule has 240 valence electrons. The standard InChI is InChI=1S/C47H30N2O2/c1-3-14-33(15-4-1)38-19-9-11-21-41(38)49(37-27-25-32(26-28-37)36-24-23-31-13-7-8-18-35(31)29-36)45-44-39-20-10-12-22-42(39)50-43(44)30-40-46(45)51-47(48-40)34-16-5-2-6-17-34/h1-30H. The third-order valence-electron chi connectivity index (χ3n) is 9.68. The van der Waals surface area contributed by atoms with Crippen molar-refractivity contribution in [1.82, 2.24) is 4.98 Å². The van der Waals surface area contributed by atoms with Gasteiger partial charge in [0.1, 0.15) is 22.4 Å². The monoisotopic (exact) mass is 654 g/mol. The van der Waals surface area contributed by atoms with Gasteiger partial charge in [-0.25, -0.2) is 4.98 Å². The summed E-state index contributed by atoms with van der Waals surface area (Å²) in [4.78, 5) is 7.36. The van der Waals surface area contributed by atoms with Gasteiger partial charge in [-0.3, -0.25) is 0 Å². The first-order chi connectivity index (χ1) is 25.3. The molecule has 0 bridgehead atoms. The molecule has 0 aliphatic rings. The largest absolute Gasteiger partial charge is 0.456 e. The van der Waals surface area contributed by atoms with Crippen molar-refractivity contribution in [3.8, 4) is 33.7 Å². The van der Waals surface area contributed by atoms with Gasteiger partial charge in [0.15, 0.2) is 5.58 Å². The van der Waals surface area contributed by atoms with E-state index in [2.05, 4.69) is 138 Å². The highest BCUT2D eigenvalue weighted by Crippen LogP contribution is 2.50. The number of hydrogen-bond acceptors (Lipinski definition) is 4. The summed E-state index contributed by atoms with van der Waals surface area (Å²) < 4.78 is 13.4. The molecule has 8 aromatic carbocycles. The number of furan rings is 1. The van der Waals surface area contributed by atoms with Crippen LogP contribution in [0.2, 0.25) is 0 Å². The molecule has 0 spiro atoms. The zero-order chi connectivity index (χ0) is 33.7. The van der Waals surface area contributed by atoms with Gasteiger partial charge in [0, 0.05) is 28.3 Å². The van der Waals surface area contributed by atoms with Gasteiger partial charge < -0.3 is 13.7 Å². The van der Waals surface area contributed by atoms with Gasteiger partial charge in [-0.1, -0.05) is 133 Å². The number of aromatic nitrogens is 1. The number of para-hydroxylation sites is 2. The molecule has 10 aromatic rings. The minimum Gasteiger partial charge on any atom is -0.456 e. The molecule has 0 amide bonds. The van der Waals surface area contributed by atoms with Crippen molar-refractivity contribution >= 4 is 60.9 Å². The molecular weight excluding hydrogens is 625 g/mol. The van der Waals surface area contributed by atoms with Crippen molar-refractivity contribution in [3.63, 3.8) is 0 Å². The van der Waals surface area contributed by atoms with Crippen LogP contribution >= 0.6 is 0 Å². The van der Waals surface area contributed by atoms with Crippen LogP contribution in [-0.4, -0.2) is 4.98 Å². The number of oxazole rings is 1. The van der Waals surface area contributed by atoms with Gasteiger partial charge in [0.05, 0.1) is 11.1 Å². The molecule has 0 saturated heterocycles. The summed E-state index contributed by atoms with van der Waals surface area (Å²) in [6, 6.07) is 63.3. The van der Waals surface area contributed by atoms with E-state index in [0.29, 0.717) is 11.5 Å². The predicted molar refractivity (Wildman–Crippen MR) is 210 cm³/mol. The van der Waals surface area contributed by atoms with Crippen molar-refractivity contribution in [2.24, 2.45) is 0 Å². The predicted octanol–water partition coefficient (Wildman–Crippen LogP) is 13.4. The first-order valence-corrected chi connectivity index (χ1v) is 17.1. The molecule has 0 fully saturated rings. The maximum atomic E-state index is 6.82. The highest BCUT2D eigenvalue weighted by atomic mass is 16.4. The van der Waals surface area contributed by atoms with E-state index < -0.39 is 0 Å². The Labute approximate surface area is 294 Å². The third-order valence-corrected chi connectivity index (χ3v) is 9.68. The molecule has 0 unspecified atom stereocenters. The summed E-state index contributed by atoms with van der Waals surface area (Å²) in [7, 11) is 0. The van der Waals surface area contributed by atoms with Gasteiger partial charge in [-0.2, -0.15) is 0 Å². The fourth-order valence-corrected chi connectivity index (χ4v) is 7.26. The Hall–Kier alpha value is -6.91. The van der Waals surface area contributed by atoms with Gasteiger partial charge in [-0.05, 0) is 69.9 Å². The lowest BCUT2D eigenvalue weighted by atomic mass is 9.99. The highest BCUT2D eigenvalue weighted by molar-refractivity contribution is 6.20. The van der Waals surface area contributed by atoms with Crippen molar-refractivity contribution in [2.75, 3.05) is 4.90 Å². The second-order valence-corrected chi connectivity index (χ2v) is 12.8. The summed E-state index contributed by atoms with van der Waals surface area (Å²) in [5, 5.41) is 4.43. The maximum Gasteiger partial charge on any atom is 0.227 e. The lowest BCUT2D eigenvalue weighted by molar-refractivity contribution is 0.620. The van der Waals surface area contributed by atoms with Gasteiger partial charge in [0.2, 0.25) is 5.89 Å². The van der Waals surface area contributed by atoms with E-state index in [1.165, 1.54) is 16.3 Å². The molecule has 0 radical (unpaired) electrons. The molecule has 2 heterocycles. The summed E-state index contributed by atoms with van der Waals surface area (Å²) in [5.41, 5.74) is 11.3. The zero-order valence-corrected chi connectivity index (χ0v) is 27.5. The second-order valence-electron chi connectivity index (χ2n) is 12.8. The number of rotatable bonds is 6. The van der Waals surface area contributed by atoms with Crippen LogP contribution in [0.3, 0.4) is 0 Å². The van der Waals surface area contributed by atoms with Crippen molar-refractivity contribution in [2.45, 2.75) is 0 Å². The lowest BCUT2D eigenvalue weighted by Gasteiger charge is -2.28. The van der Waals surface area contributed by atoms with E-state index in [9.17, 15) is 0 Å². The Morgan fingerprint density at radius 3 is 1.94 bits per heavy atom. The number of hydrogen-bond donors (Lipinski definition) is 0. The molecule has 0 aliphatic carbocycles. The van der Waals surface area contributed by atoms with E-state index in [0.717, 1.165) is 66.8 Å². The summed E-state index contributed by atoms with van der Waals surface area (Å²) >= 11 is 0.